The van der Waals surface area contributed by atoms with E-state index < -0.39 is 0 Å². The number of ketones is 1. The molecule has 0 aromatic heterocycles. The highest BCUT2D eigenvalue weighted by atomic mass is 16.3. The number of carbonyl (C=O) groups excluding carboxylic acids is 1. The largest absolute Gasteiger partial charge is 0.393 e. The monoisotopic (exact) mass is 330 g/mol. The van der Waals surface area contributed by atoms with Crippen molar-refractivity contribution in [1.82, 2.24) is 0 Å². The summed E-state index contributed by atoms with van der Waals surface area (Å²) in [5, 5.41) is 10.2. The zero-order valence-electron chi connectivity index (χ0n) is 15.3. The van der Waals surface area contributed by atoms with Crippen LogP contribution >= 0.6 is 0 Å². The first-order valence-corrected chi connectivity index (χ1v) is 10.8. The quantitative estimate of drug-likeness (QED) is 0.696. The molecule has 2 heteroatoms. The van der Waals surface area contributed by atoms with Crippen molar-refractivity contribution in [2.75, 3.05) is 0 Å². The van der Waals surface area contributed by atoms with E-state index in [1.165, 1.54) is 51.4 Å². The molecule has 24 heavy (non-hydrogen) atoms. The van der Waals surface area contributed by atoms with Gasteiger partial charge in [-0.3, -0.25) is 4.79 Å². The van der Waals surface area contributed by atoms with Crippen LogP contribution in [0.4, 0.5) is 0 Å². The molecule has 0 heterocycles. The first-order chi connectivity index (χ1) is 11.5. The van der Waals surface area contributed by atoms with Crippen LogP contribution < -0.4 is 0 Å². The second kappa shape index (κ2) is 5.32. The number of carbonyl (C=O) groups is 1. The molecule has 5 aliphatic rings. The second-order valence-electron chi connectivity index (χ2n) is 10.3. The summed E-state index contributed by atoms with van der Waals surface area (Å²) in [7, 11) is 0. The molecule has 5 rings (SSSR count). The van der Waals surface area contributed by atoms with Crippen LogP contribution in [0.25, 0.3) is 0 Å². The van der Waals surface area contributed by atoms with E-state index in [1.807, 2.05) is 0 Å². The normalized spacial score (nSPS) is 56.8. The Bertz CT molecular complexity index is 542. The van der Waals surface area contributed by atoms with E-state index in [-0.39, 0.29) is 6.10 Å². The average Bonchev–Trinajstić information content (AvgIpc) is 2.96. The molecule has 0 bridgehead atoms. The van der Waals surface area contributed by atoms with E-state index in [9.17, 15) is 9.90 Å². The molecule has 0 unspecified atom stereocenters. The van der Waals surface area contributed by atoms with Crippen LogP contribution in [0.2, 0.25) is 0 Å². The van der Waals surface area contributed by atoms with E-state index in [0.29, 0.717) is 22.5 Å². The fourth-order valence-corrected chi connectivity index (χ4v) is 8.78. The van der Waals surface area contributed by atoms with Gasteiger partial charge < -0.3 is 5.11 Å². The number of aliphatic hydroxyl groups is 1. The molecule has 5 saturated carbocycles. The lowest BCUT2D eigenvalue weighted by molar-refractivity contribution is -0.149. The molecule has 0 aromatic carbocycles. The highest BCUT2D eigenvalue weighted by molar-refractivity contribution is 5.83. The molecule has 1 spiro atoms. The predicted octanol–water partition coefficient (Wildman–Crippen LogP) is 4.74. The number of rotatable bonds is 0. The predicted molar refractivity (Wildman–Crippen MR) is 94.4 cm³/mol. The third-order valence-electron chi connectivity index (χ3n) is 9.81. The Hall–Kier alpha value is -0.370. The summed E-state index contributed by atoms with van der Waals surface area (Å²) in [5.41, 5.74) is 0.883. The first kappa shape index (κ1) is 15.9. The van der Waals surface area contributed by atoms with Gasteiger partial charge in [0, 0.05) is 12.3 Å². The van der Waals surface area contributed by atoms with Crippen LogP contribution in [0.3, 0.4) is 0 Å². The van der Waals surface area contributed by atoms with Crippen molar-refractivity contribution in [3.63, 3.8) is 0 Å². The molecule has 0 saturated heterocycles. The molecule has 2 nitrogen and oxygen atoms in total. The van der Waals surface area contributed by atoms with Gasteiger partial charge in [0.25, 0.3) is 0 Å². The van der Waals surface area contributed by atoms with E-state index in [1.54, 1.807) is 0 Å². The summed E-state index contributed by atoms with van der Waals surface area (Å²) >= 11 is 0. The molecule has 0 aliphatic heterocycles. The number of Topliss-reactive ketones (excluding diaryl/α,β-unsaturated/α-hetero) is 1. The van der Waals surface area contributed by atoms with Gasteiger partial charge in [-0.2, -0.15) is 0 Å². The van der Waals surface area contributed by atoms with Crippen LogP contribution in [0, 0.1) is 40.4 Å². The Morgan fingerprint density at radius 2 is 1.83 bits per heavy atom. The van der Waals surface area contributed by atoms with Gasteiger partial charge in [0.2, 0.25) is 0 Å². The lowest BCUT2D eigenvalue weighted by atomic mass is 9.43. The third kappa shape index (κ3) is 1.95. The highest BCUT2D eigenvalue weighted by Crippen LogP contribution is 2.69. The minimum Gasteiger partial charge on any atom is -0.393 e. The fourth-order valence-electron chi connectivity index (χ4n) is 8.78. The van der Waals surface area contributed by atoms with Crippen molar-refractivity contribution in [3.05, 3.63) is 0 Å². The maximum atomic E-state index is 12.6. The summed E-state index contributed by atoms with van der Waals surface area (Å²) in [6, 6.07) is 0. The zero-order chi connectivity index (χ0) is 16.5. The number of hydrogen-bond acceptors (Lipinski definition) is 2. The molecule has 0 amide bonds. The average molecular weight is 331 g/mol. The number of hydrogen-bond donors (Lipinski definition) is 1. The standard InChI is InChI=1S/C22H34O2/c1-21-11-8-15(23)13-14(21)4-5-16-17(21)9-12-22-10-2-3-20(24)19(22)7-6-18(16)22/h14-19,23H,2-13H2,1H3/t14-,15+,16+,17-,18-,19+,21-,22+/m0/s1. The number of fused-ring (bicyclic) bond motifs is 4. The molecule has 134 valence electrons. The summed E-state index contributed by atoms with van der Waals surface area (Å²) < 4.78 is 0. The van der Waals surface area contributed by atoms with Crippen LogP contribution in [0.5, 0.6) is 0 Å². The molecule has 5 aliphatic carbocycles. The molecule has 1 N–H and O–H groups in total. The minimum absolute atomic E-state index is 0.0404. The molecular formula is C22H34O2. The maximum Gasteiger partial charge on any atom is 0.136 e. The van der Waals surface area contributed by atoms with E-state index in [4.69, 9.17) is 0 Å². The Kier molecular flexibility index (Phi) is 3.51. The van der Waals surface area contributed by atoms with Crippen molar-refractivity contribution in [1.29, 1.82) is 0 Å². The van der Waals surface area contributed by atoms with E-state index in [2.05, 4.69) is 6.92 Å². The van der Waals surface area contributed by atoms with Gasteiger partial charge in [-0.1, -0.05) is 6.92 Å². The molecule has 8 atom stereocenters. The summed E-state index contributed by atoms with van der Waals surface area (Å²) in [6.45, 7) is 2.57. The van der Waals surface area contributed by atoms with Crippen LogP contribution in [0.15, 0.2) is 0 Å². The van der Waals surface area contributed by atoms with Gasteiger partial charge in [-0.05, 0) is 105 Å². The van der Waals surface area contributed by atoms with Crippen LogP contribution in [0.1, 0.15) is 84.0 Å². The Labute approximate surface area is 146 Å². The van der Waals surface area contributed by atoms with Gasteiger partial charge in [0.15, 0.2) is 0 Å². The zero-order valence-corrected chi connectivity index (χ0v) is 15.3. The molecular weight excluding hydrogens is 296 g/mol. The van der Waals surface area contributed by atoms with Gasteiger partial charge in [0.1, 0.15) is 5.78 Å². The van der Waals surface area contributed by atoms with E-state index in [0.717, 1.165) is 49.4 Å². The van der Waals surface area contributed by atoms with Crippen molar-refractivity contribution >= 4 is 5.78 Å². The topological polar surface area (TPSA) is 37.3 Å². The third-order valence-corrected chi connectivity index (χ3v) is 9.81. The highest BCUT2D eigenvalue weighted by Gasteiger charge is 2.63. The Morgan fingerprint density at radius 1 is 0.958 bits per heavy atom. The SMILES string of the molecule is C[C@]12CC[C@@H](O)C[C@@H]1CC[C@@H]1[C@@H]2CC[C@@]23CCCC(=O)[C@H]2CC[C@@H]13. The fraction of sp³-hybridized carbons (Fsp3) is 0.955. The van der Waals surface area contributed by atoms with Crippen LogP contribution in [-0.2, 0) is 4.79 Å². The molecule has 0 radical (unpaired) electrons. The lowest BCUT2D eigenvalue weighted by Gasteiger charge is -2.62. The maximum absolute atomic E-state index is 12.6. The molecule has 5 fully saturated rings. The Balaban J connectivity index is 1.46. The van der Waals surface area contributed by atoms with Gasteiger partial charge in [-0.15, -0.1) is 0 Å². The van der Waals surface area contributed by atoms with Crippen LogP contribution in [-0.4, -0.2) is 17.0 Å². The van der Waals surface area contributed by atoms with Crippen molar-refractivity contribution in [3.8, 4) is 0 Å². The lowest BCUT2D eigenvalue weighted by Crippen LogP contribution is -2.55. The van der Waals surface area contributed by atoms with E-state index >= 15 is 0 Å². The minimum atomic E-state index is -0.0404. The molecule has 0 aromatic rings. The van der Waals surface area contributed by atoms with Gasteiger partial charge in [0.05, 0.1) is 6.10 Å². The van der Waals surface area contributed by atoms with Crippen molar-refractivity contribution in [2.45, 2.75) is 90.1 Å². The second-order valence-corrected chi connectivity index (χ2v) is 10.3. The number of aliphatic hydroxyl groups excluding tert-OH is 1. The summed E-state index contributed by atoms with van der Waals surface area (Å²) in [4.78, 5) is 12.6. The summed E-state index contributed by atoms with van der Waals surface area (Å²) in [6.07, 6.45) is 14.6. The van der Waals surface area contributed by atoms with Gasteiger partial charge >= 0.3 is 0 Å². The van der Waals surface area contributed by atoms with Crippen molar-refractivity contribution in [2.24, 2.45) is 40.4 Å². The van der Waals surface area contributed by atoms with Crippen molar-refractivity contribution < 1.29 is 9.90 Å². The summed E-state index contributed by atoms with van der Waals surface area (Å²) in [5.74, 6) is 4.39. The smallest absolute Gasteiger partial charge is 0.136 e. The van der Waals surface area contributed by atoms with Gasteiger partial charge in [-0.25, -0.2) is 0 Å². The first-order valence-electron chi connectivity index (χ1n) is 10.8. The Morgan fingerprint density at radius 3 is 2.71 bits per heavy atom.